The molecule has 5 nitrogen and oxygen atoms in total. The molecule has 2 atom stereocenters. The van der Waals surface area contributed by atoms with Gasteiger partial charge in [-0.05, 0) is 43.7 Å². The Morgan fingerprint density at radius 3 is 2.62 bits per heavy atom. The number of amides is 1. The fraction of sp³-hybridized carbons (Fsp3) is 0.263. The number of carbonyl (C=O) groups is 2. The first kappa shape index (κ1) is 20.1. The van der Waals surface area contributed by atoms with E-state index in [-0.39, 0.29) is 5.56 Å². The maximum absolute atomic E-state index is 12.4. The van der Waals surface area contributed by atoms with Gasteiger partial charge >= 0.3 is 5.97 Å². The summed E-state index contributed by atoms with van der Waals surface area (Å²) in [5.41, 5.74) is 1.59. The highest BCUT2D eigenvalue weighted by Crippen LogP contribution is 2.21. The lowest BCUT2D eigenvalue weighted by Crippen LogP contribution is -2.30. The molecule has 0 saturated carbocycles. The molecule has 138 valence electrons. The van der Waals surface area contributed by atoms with Gasteiger partial charge in [0.2, 0.25) is 0 Å². The van der Waals surface area contributed by atoms with Gasteiger partial charge in [-0.25, -0.2) is 4.79 Å². The zero-order chi connectivity index (χ0) is 19.3. The molecular weight excluding hydrogens is 374 g/mol. The van der Waals surface area contributed by atoms with Gasteiger partial charge in [-0.1, -0.05) is 36.7 Å². The first-order valence-electron chi connectivity index (χ1n) is 8.09. The number of carbonyl (C=O) groups excluding carboxylic acids is 2. The molecule has 0 radical (unpaired) electrons. The second-order valence-corrected chi connectivity index (χ2v) is 7.77. The SMILES string of the molecule is CC[S@](=O)c1ccccc1C(=O)O[C@H](C)C(=O)Nc1cc(Cl)ccc1C. The summed E-state index contributed by atoms with van der Waals surface area (Å²) in [5, 5.41) is 3.19. The van der Waals surface area contributed by atoms with Crippen LogP contribution in [0.5, 0.6) is 0 Å². The fourth-order valence-electron chi connectivity index (χ4n) is 2.23. The van der Waals surface area contributed by atoms with E-state index in [1.54, 1.807) is 43.3 Å². The molecule has 1 N–H and O–H groups in total. The third kappa shape index (κ3) is 4.93. The van der Waals surface area contributed by atoms with Crippen LogP contribution in [-0.2, 0) is 20.3 Å². The van der Waals surface area contributed by atoms with Crippen LogP contribution in [0.3, 0.4) is 0 Å². The molecule has 0 aliphatic carbocycles. The van der Waals surface area contributed by atoms with Gasteiger partial charge in [0.05, 0.1) is 21.3 Å². The van der Waals surface area contributed by atoms with Crippen LogP contribution >= 0.6 is 11.6 Å². The van der Waals surface area contributed by atoms with E-state index in [9.17, 15) is 13.8 Å². The molecule has 26 heavy (non-hydrogen) atoms. The molecular formula is C19H20ClNO4S. The molecule has 7 heteroatoms. The predicted octanol–water partition coefficient (Wildman–Crippen LogP) is 3.96. The molecule has 0 saturated heterocycles. The highest BCUT2D eigenvalue weighted by molar-refractivity contribution is 7.85. The van der Waals surface area contributed by atoms with Crippen molar-refractivity contribution < 1.29 is 18.5 Å². The molecule has 0 unspecified atom stereocenters. The van der Waals surface area contributed by atoms with E-state index in [1.807, 2.05) is 6.92 Å². The minimum Gasteiger partial charge on any atom is -0.449 e. The third-order valence-corrected chi connectivity index (χ3v) is 5.33. The quantitative estimate of drug-likeness (QED) is 0.754. The smallest absolute Gasteiger partial charge is 0.340 e. The first-order valence-corrected chi connectivity index (χ1v) is 9.78. The van der Waals surface area contributed by atoms with Gasteiger partial charge in [-0.15, -0.1) is 0 Å². The van der Waals surface area contributed by atoms with Gasteiger partial charge in [0, 0.05) is 16.5 Å². The zero-order valence-electron chi connectivity index (χ0n) is 14.7. The normalized spacial score (nSPS) is 12.9. The van der Waals surface area contributed by atoms with Crippen molar-refractivity contribution >= 4 is 40.0 Å². The summed E-state index contributed by atoms with van der Waals surface area (Å²) in [6.07, 6.45) is -1.02. The topological polar surface area (TPSA) is 72.5 Å². The Morgan fingerprint density at radius 2 is 1.92 bits per heavy atom. The Balaban J connectivity index is 2.11. The van der Waals surface area contributed by atoms with Crippen molar-refractivity contribution in [2.45, 2.75) is 31.8 Å². The van der Waals surface area contributed by atoms with Crippen LogP contribution in [0.1, 0.15) is 29.8 Å². The second-order valence-electron chi connectivity index (χ2n) is 5.63. The average molecular weight is 394 g/mol. The molecule has 0 fully saturated rings. The number of esters is 1. The highest BCUT2D eigenvalue weighted by atomic mass is 35.5. The summed E-state index contributed by atoms with van der Waals surface area (Å²) in [7, 11) is -1.30. The number of anilines is 1. The molecule has 0 spiro atoms. The number of hydrogen-bond acceptors (Lipinski definition) is 4. The van der Waals surface area contributed by atoms with E-state index >= 15 is 0 Å². The molecule has 0 bridgehead atoms. The van der Waals surface area contributed by atoms with E-state index in [4.69, 9.17) is 16.3 Å². The lowest BCUT2D eigenvalue weighted by Gasteiger charge is -2.16. The molecule has 0 aliphatic rings. The van der Waals surface area contributed by atoms with Crippen LogP contribution in [0.15, 0.2) is 47.4 Å². The summed E-state index contributed by atoms with van der Waals surface area (Å²) in [6, 6.07) is 11.7. The minimum atomic E-state index is -1.30. The molecule has 2 aromatic rings. The Kier molecular flexibility index (Phi) is 6.94. The molecule has 0 aromatic heterocycles. The van der Waals surface area contributed by atoms with Crippen molar-refractivity contribution in [2.75, 3.05) is 11.1 Å². The van der Waals surface area contributed by atoms with Gasteiger partial charge in [0.1, 0.15) is 0 Å². The van der Waals surface area contributed by atoms with Crippen LogP contribution in [-0.4, -0.2) is 27.9 Å². The Bertz CT molecular complexity index is 853. The number of hydrogen-bond donors (Lipinski definition) is 1. The summed E-state index contributed by atoms with van der Waals surface area (Å²) >= 11 is 5.94. The standard InChI is InChI=1S/C19H20ClNO4S/c1-4-26(24)17-8-6-5-7-15(17)19(23)25-13(3)18(22)21-16-11-14(20)10-9-12(16)2/h5-11,13H,4H2,1-3H3,(H,21,22)/t13-,26+/m1/s1. The van der Waals surface area contributed by atoms with E-state index in [1.165, 1.54) is 13.0 Å². The number of ether oxygens (including phenoxy) is 1. The second kappa shape index (κ2) is 8.96. The Hall–Kier alpha value is -2.18. The van der Waals surface area contributed by atoms with Gasteiger partial charge in [0.25, 0.3) is 5.91 Å². The fourth-order valence-corrected chi connectivity index (χ4v) is 3.34. The summed E-state index contributed by atoms with van der Waals surface area (Å²) in [4.78, 5) is 25.1. The van der Waals surface area contributed by atoms with Gasteiger partial charge in [0.15, 0.2) is 6.10 Å². The van der Waals surface area contributed by atoms with Crippen LogP contribution < -0.4 is 5.32 Å². The molecule has 1 amide bonds. The van der Waals surface area contributed by atoms with Crippen molar-refractivity contribution in [3.8, 4) is 0 Å². The Labute approximate surface area is 160 Å². The summed E-state index contributed by atoms with van der Waals surface area (Å²) < 4.78 is 17.3. The summed E-state index contributed by atoms with van der Waals surface area (Å²) in [6.45, 7) is 5.08. The minimum absolute atomic E-state index is 0.200. The van der Waals surface area contributed by atoms with Crippen molar-refractivity contribution in [3.05, 3.63) is 58.6 Å². The average Bonchev–Trinajstić information content (AvgIpc) is 2.63. The maximum atomic E-state index is 12.4. The number of nitrogens with one attached hydrogen (secondary N) is 1. The van der Waals surface area contributed by atoms with Crippen molar-refractivity contribution in [2.24, 2.45) is 0 Å². The predicted molar refractivity (Wildman–Crippen MR) is 103 cm³/mol. The van der Waals surface area contributed by atoms with Crippen LogP contribution in [0.25, 0.3) is 0 Å². The molecule has 2 rings (SSSR count). The summed E-state index contributed by atoms with van der Waals surface area (Å²) in [5.74, 6) is -0.778. The maximum Gasteiger partial charge on any atom is 0.340 e. The van der Waals surface area contributed by atoms with E-state index < -0.39 is 28.8 Å². The van der Waals surface area contributed by atoms with Crippen LogP contribution in [0, 0.1) is 6.92 Å². The molecule has 2 aromatic carbocycles. The van der Waals surface area contributed by atoms with Gasteiger partial charge in [-0.3, -0.25) is 9.00 Å². The van der Waals surface area contributed by atoms with Crippen molar-refractivity contribution in [1.82, 2.24) is 0 Å². The lowest BCUT2D eigenvalue weighted by molar-refractivity contribution is -0.123. The molecule has 0 aliphatic heterocycles. The Morgan fingerprint density at radius 1 is 1.23 bits per heavy atom. The number of halogens is 1. The first-order chi connectivity index (χ1) is 12.3. The largest absolute Gasteiger partial charge is 0.449 e. The zero-order valence-corrected chi connectivity index (χ0v) is 16.3. The monoisotopic (exact) mass is 393 g/mol. The van der Waals surface area contributed by atoms with Gasteiger partial charge < -0.3 is 10.1 Å². The van der Waals surface area contributed by atoms with E-state index in [0.29, 0.717) is 21.4 Å². The lowest BCUT2D eigenvalue weighted by atomic mass is 10.2. The van der Waals surface area contributed by atoms with E-state index in [0.717, 1.165) is 5.56 Å². The van der Waals surface area contributed by atoms with E-state index in [2.05, 4.69) is 5.32 Å². The van der Waals surface area contributed by atoms with Crippen molar-refractivity contribution in [1.29, 1.82) is 0 Å². The van der Waals surface area contributed by atoms with Crippen LogP contribution in [0.2, 0.25) is 5.02 Å². The number of benzene rings is 2. The van der Waals surface area contributed by atoms with Gasteiger partial charge in [-0.2, -0.15) is 0 Å². The van der Waals surface area contributed by atoms with Crippen LogP contribution in [0.4, 0.5) is 5.69 Å². The number of rotatable bonds is 6. The molecule has 0 heterocycles. The van der Waals surface area contributed by atoms with Crippen molar-refractivity contribution in [3.63, 3.8) is 0 Å². The third-order valence-electron chi connectivity index (χ3n) is 3.72. The highest BCUT2D eigenvalue weighted by Gasteiger charge is 2.22. The number of aryl methyl sites for hydroxylation is 1.